The molecule has 0 radical (unpaired) electrons. The van der Waals surface area contributed by atoms with E-state index in [1.807, 2.05) is 0 Å². The monoisotopic (exact) mass is 209 g/mol. The summed E-state index contributed by atoms with van der Waals surface area (Å²) in [5.41, 5.74) is -0.166. The molecule has 82 valence electrons. The van der Waals surface area contributed by atoms with Crippen LogP contribution in [0.1, 0.15) is 12.8 Å². The summed E-state index contributed by atoms with van der Waals surface area (Å²) in [6.45, 7) is 0.400. The van der Waals surface area contributed by atoms with Crippen LogP contribution < -0.4 is 10.9 Å². The van der Waals surface area contributed by atoms with Crippen LogP contribution in [-0.4, -0.2) is 27.3 Å². The van der Waals surface area contributed by atoms with Gasteiger partial charge in [0.1, 0.15) is 0 Å². The Bertz CT molecular complexity index is 398. The zero-order valence-corrected chi connectivity index (χ0v) is 8.68. The third-order valence-corrected chi connectivity index (χ3v) is 2.66. The molecule has 1 aliphatic carbocycles. The van der Waals surface area contributed by atoms with E-state index in [-0.39, 0.29) is 11.7 Å². The first kappa shape index (κ1) is 10.2. The summed E-state index contributed by atoms with van der Waals surface area (Å²) in [7, 11) is 1.67. The van der Waals surface area contributed by atoms with E-state index in [2.05, 4.69) is 10.3 Å². The molecule has 1 aromatic heterocycles. The lowest BCUT2D eigenvalue weighted by atomic mass is 10.2. The summed E-state index contributed by atoms with van der Waals surface area (Å²) in [5, 5.41) is 12.5. The van der Waals surface area contributed by atoms with Gasteiger partial charge in [0.25, 0.3) is 5.56 Å². The van der Waals surface area contributed by atoms with Crippen LogP contribution in [0.2, 0.25) is 0 Å². The number of rotatable bonds is 4. The smallest absolute Gasteiger partial charge is 0.293 e. The fraction of sp³-hybridized carbons (Fsp3) is 0.600. The van der Waals surface area contributed by atoms with Gasteiger partial charge < -0.3 is 15.0 Å². The molecule has 0 bridgehead atoms. The second-order valence-corrected chi connectivity index (χ2v) is 3.98. The quantitative estimate of drug-likeness (QED) is 0.730. The first-order valence-electron chi connectivity index (χ1n) is 5.12. The molecule has 1 heterocycles. The lowest BCUT2D eigenvalue weighted by molar-refractivity contribution is 0.164. The summed E-state index contributed by atoms with van der Waals surface area (Å²) >= 11 is 0. The Labute approximate surface area is 87.8 Å². The highest BCUT2D eigenvalue weighted by atomic mass is 16.3. The molecular weight excluding hydrogens is 194 g/mol. The molecule has 1 aliphatic rings. The second-order valence-electron chi connectivity index (χ2n) is 3.98. The Morgan fingerprint density at radius 1 is 1.73 bits per heavy atom. The van der Waals surface area contributed by atoms with E-state index in [1.54, 1.807) is 19.4 Å². The summed E-state index contributed by atoms with van der Waals surface area (Å²) < 4.78 is 1.46. The first-order chi connectivity index (χ1) is 7.18. The molecule has 0 saturated heterocycles. The molecular formula is C10H15N3O2. The predicted molar refractivity (Wildman–Crippen MR) is 56.7 cm³/mol. The number of aromatic nitrogens is 2. The molecule has 0 aliphatic heterocycles. The van der Waals surface area contributed by atoms with E-state index in [4.69, 9.17) is 0 Å². The number of hydrogen-bond donors (Lipinski definition) is 2. The van der Waals surface area contributed by atoms with Crippen LogP contribution in [0, 0.1) is 5.92 Å². The average molecular weight is 209 g/mol. The lowest BCUT2D eigenvalue weighted by Crippen LogP contribution is -2.27. The number of aliphatic hydroxyl groups excluding tert-OH is 1. The molecule has 2 rings (SSSR count). The minimum atomic E-state index is -0.364. The molecule has 0 spiro atoms. The van der Waals surface area contributed by atoms with Gasteiger partial charge in [-0.15, -0.1) is 0 Å². The lowest BCUT2D eigenvalue weighted by Gasteiger charge is -2.10. The zero-order valence-electron chi connectivity index (χ0n) is 8.68. The van der Waals surface area contributed by atoms with Crippen molar-refractivity contribution in [2.24, 2.45) is 13.0 Å². The third-order valence-electron chi connectivity index (χ3n) is 2.66. The number of anilines is 1. The van der Waals surface area contributed by atoms with Crippen LogP contribution >= 0.6 is 0 Å². The van der Waals surface area contributed by atoms with Gasteiger partial charge in [-0.3, -0.25) is 4.79 Å². The fourth-order valence-electron chi connectivity index (χ4n) is 1.47. The molecule has 1 aromatic rings. The molecule has 1 fully saturated rings. The minimum absolute atomic E-state index is 0.166. The van der Waals surface area contributed by atoms with Gasteiger partial charge in [0.15, 0.2) is 5.82 Å². The molecule has 1 atom stereocenters. The molecule has 0 aromatic carbocycles. The van der Waals surface area contributed by atoms with Crippen LogP contribution in [0.5, 0.6) is 0 Å². The van der Waals surface area contributed by atoms with Crippen molar-refractivity contribution in [1.29, 1.82) is 0 Å². The van der Waals surface area contributed by atoms with Crippen molar-refractivity contribution >= 4 is 5.82 Å². The van der Waals surface area contributed by atoms with Gasteiger partial charge in [-0.25, -0.2) is 4.98 Å². The highest BCUT2D eigenvalue weighted by Crippen LogP contribution is 2.32. The number of hydrogen-bond acceptors (Lipinski definition) is 4. The van der Waals surface area contributed by atoms with Gasteiger partial charge in [-0.05, 0) is 18.8 Å². The number of aryl methyl sites for hydroxylation is 1. The van der Waals surface area contributed by atoms with Crippen molar-refractivity contribution in [3.05, 3.63) is 22.7 Å². The van der Waals surface area contributed by atoms with E-state index in [0.717, 1.165) is 12.8 Å². The van der Waals surface area contributed by atoms with E-state index in [1.165, 1.54) is 4.57 Å². The third kappa shape index (κ3) is 2.36. The first-order valence-corrected chi connectivity index (χ1v) is 5.12. The Morgan fingerprint density at radius 3 is 3.13 bits per heavy atom. The maximum absolute atomic E-state index is 11.5. The number of nitrogens with zero attached hydrogens (tertiary/aromatic N) is 2. The molecule has 15 heavy (non-hydrogen) atoms. The highest BCUT2D eigenvalue weighted by molar-refractivity contribution is 5.30. The average Bonchev–Trinajstić information content (AvgIpc) is 3.03. The van der Waals surface area contributed by atoms with Gasteiger partial charge in [0.05, 0.1) is 6.10 Å². The van der Waals surface area contributed by atoms with Crippen molar-refractivity contribution in [1.82, 2.24) is 9.55 Å². The second kappa shape index (κ2) is 4.02. The molecule has 1 saturated carbocycles. The van der Waals surface area contributed by atoms with Crippen molar-refractivity contribution in [3.8, 4) is 0 Å². The Balaban J connectivity index is 1.98. The predicted octanol–water partition coefficient (Wildman–Crippen LogP) is -0.0369. The van der Waals surface area contributed by atoms with E-state index >= 15 is 0 Å². The summed E-state index contributed by atoms with van der Waals surface area (Å²) in [6.07, 6.45) is 4.97. The topological polar surface area (TPSA) is 67.2 Å². The maximum Gasteiger partial charge on any atom is 0.293 e. The van der Waals surface area contributed by atoms with Crippen LogP contribution in [0.15, 0.2) is 17.2 Å². The van der Waals surface area contributed by atoms with E-state index in [0.29, 0.717) is 18.3 Å². The van der Waals surface area contributed by atoms with Crippen LogP contribution in [0.3, 0.4) is 0 Å². The molecule has 0 amide bonds. The highest BCUT2D eigenvalue weighted by Gasteiger charge is 2.29. The Hall–Kier alpha value is -1.36. The summed E-state index contributed by atoms with van der Waals surface area (Å²) in [5.74, 6) is 0.713. The van der Waals surface area contributed by atoms with Crippen LogP contribution in [0.4, 0.5) is 5.82 Å². The zero-order chi connectivity index (χ0) is 10.8. The molecule has 5 heteroatoms. The summed E-state index contributed by atoms with van der Waals surface area (Å²) in [6, 6.07) is 0. The van der Waals surface area contributed by atoms with Crippen LogP contribution in [0.25, 0.3) is 0 Å². The van der Waals surface area contributed by atoms with Crippen molar-refractivity contribution in [3.63, 3.8) is 0 Å². The Morgan fingerprint density at radius 2 is 2.47 bits per heavy atom. The number of nitrogens with one attached hydrogen (secondary N) is 1. The fourth-order valence-corrected chi connectivity index (χ4v) is 1.47. The van der Waals surface area contributed by atoms with Gasteiger partial charge in [0, 0.05) is 26.0 Å². The molecule has 2 N–H and O–H groups in total. The van der Waals surface area contributed by atoms with Crippen molar-refractivity contribution in [2.75, 3.05) is 11.9 Å². The number of aliphatic hydroxyl groups is 1. The van der Waals surface area contributed by atoms with E-state index in [9.17, 15) is 9.90 Å². The maximum atomic E-state index is 11.5. The normalized spacial score (nSPS) is 17.5. The van der Waals surface area contributed by atoms with Crippen LogP contribution in [-0.2, 0) is 7.05 Å². The Kier molecular flexibility index (Phi) is 2.73. The van der Waals surface area contributed by atoms with E-state index < -0.39 is 0 Å². The molecule has 1 unspecified atom stereocenters. The summed E-state index contributed by atoms with van der Waals surface area (Å²) in [4.78, 5) is 15.5. The van der Waals surface area contributed by atoms with Gasteiger partial charge in [-0.1, -0.05) is 0 Å². The van der Waals surface area contributed by atoms with Gasteiger partial charge >= 0.3 is 0 Å². The minimum Gasteiger partial charge on any atom is -0.391 e. The van der Waals surface area contributed by atoms with Crippen molar-refractivity contribution < 1.29 is 5.11 Å². The largest absolute Gasteiger partial charge is 0.391 e. The standard InChI is InChI=1S/C10H15N3O2/c1-13-5-4-11-9(10(13)15)12-6-8(14)7-2-3-7/h4-5,7-8,14H,2-3,6H2,1H3,(H,11,12). The van der Waals surface area contributed by atoms with Gasteiger partial charge in [0.2, 0.25) is 0 Å². The van der Waals surface area contributed by atoms with Crippen molar-refractivity contribution in [2.45, 2.75) is 18.9 Å². The van der Waals surface area contributed by atoms with Gasteiger partial charge in [-0.2, -0.15) is 0 Å². The molecule has 5 nitrogen and oxygen atoms in total. The SMILES string of the molecule is Cn1ccnc(NCC(O)C2CC2)c1=O.